The number of hydrogen-bond acceptors (Lipinski definition) is 6. The predicted molar refractivity (Wildman–Crippen MR) is 80.9 cm³/mol. The molecule has 8 nitrogen and oxygen atoms in total. The number of nitro benzene ring substituents is 1. The number of rotatable bonds is 6. The van der Waals surface area contributed by atoms with Crippen molar-refractivity contribution in [3.63, 3.8) is 0 Å². The fourth-order valence-electron chi connectivity index (χ4n) is 1.88. The number of anilines is 1. The molecule has 2 aromatic rings. The molecule has 0 atom stereocenters. The standard InChI is InChI=1S/C13H14N4O4S/c14-22(20,21)11-1-2-13(17(18)19)12(9-11)16-8-5-10-3-6-15-7-4-10/h1-4,6-7,9,16H,5,8H2,(H2,14,20,21). The first-order valence-electron chi connectivity index (χ1n) is 6.32. The molecule has 0 spiro atoms. The van der Waals surface area contributed by atoms with E-state index in [0.717, 1.165) is 17.7 Å². The Bertz CT molecular complexity index is 778. The van der Waals surface area contributed by atoms with Crippen LogP contribution in [0.15, 0.2) is 47.6 Å². The molecule has 3 N–H and O–H groups in total. The van der Waals surface area contributed by atoms with Crippen LogP contribution in [0.2, 0.25) is 0 Å². The van der Waals surface area contributed by atoms with Crippen LogP contribution in [0.25, 0.3) is 0 Å². The van der Waals surface area contributed by atoms with E-state index in [1.165, 1.54) is 6.07 Å². The normalized spacial score (nSPS) is 11.1. The summed E-state index contributed by atoms with van der Waals surface area (Å²) >= 11 is 0. The van der Waals surface area contributed by atoms with E-state index in [1.54, 1.807) is 12.4 Å². The first kappa shape index (κ1) is 15.9. The lowest BCUT2D eigenvalue weighted by atomic mass is 10.2. The van der Waals surface area contributed by atoms with E-state index in [0.29, 0.717) is 13.0 Å². The predicted octanol–water partition coefficient (Wildman–Crippen LogP) is 1.29. The molecule has 0 radical (unpaired) electrons. The third-order valence-corrected chi connectivity index (χ3v) is 3.88. The van der Waals surface area contributed by atoms with Crippen molar-refractivity contribution >= 4 is 21.4 Å². The van der Waals surface area contributed by atoms with Gasteiger partial charge in [0, 0.05) is 25.0 Å². The van der Waals surface area contributed by atoms with E-state index < -0.39 is 14.9 Å². The minimum absolute atomic E-state index is 0.116. The number of primary sulfonamides is 1. The van der Waals surface area contributed by atoms with Crippen molar-refractivity contribution in [2.24, 2.45) is 5.14 Å². The molecule has 1 aromatic carbocycles. The van der Waals surface area contributed by atoms with Crippen LogP contribution in [-0.4, -0.2) is 24.9 Å². The Morgan fingerprint density at radius 2 is 1.91 bits per heavy atom. The van der Waals surface area contributed by atoms with Gasteiger partial charge < -0.3 is 5.32 Å². The molecule has 0 amide bonds. The first-order valence-corrected chi connectivity index (χ1v) is 7.86. The number of nitro groups is 1. The zero-order valence-electron chi connectivity index (χ0n) is 11.5. The van der Waals surface area contributed by atoms with Crippen LogP contribution in [0.4, 0.5) is 11.4 Å². The van der Waals surface area contributed by atoms with Crippen LogP contribution in [0.1, 0.15) is 5.56 Å². The molecule has 0 aliphatic rings. The number of sulfonamides is 1. The number of aromatic nitrogens is 1. The number of nitrogens with one attached hydrogen (secondary N) is 1. The second-order valence-corrected chi connectivity index (χ2v) is 6.07. The van der Waals surface area contributed by atoms with Gasteiger partial charge in [-0.3, -0.25) is 15.1 Å². The van der Waals surface area contributed by atoms with Gasteiger partial charge in [-0.2, -0.15) is 0 Å². The summed E-state index contributed by atoms with van der Waals surface area (Å²) in [6, 6.07) is 7.06. The van der Waals surface area contributed by atoms with Crippen molar-refractivity contribution in [3.8, 4) is 0 Å². The minimum Gasteiger partial charge on any atom is -0.379 e. The summed E-state index contributed by atoms with van der Waals surface area (Å²) in [5, 5.41) is 18.9. The lowest BCUT2D eigenvalue weighted by molar-refractivity contribution is -0.384. The lowest BCUT2D eigenvalue weighted by Crippen LogP contribution is -2.13. The zero-order valence-corrected chi connectivity index (χ0v) is 12.3. The highest BCUT2D eigenvalue weighted by Gasteiger charge is 2.17. The van der Waals surface area contributed by atoms with Crippen LogP contribution >= 0.6 is 0 Å². The lowest BCUT2D eigenvalue weighted by Gasteiger charge is -2.08. The topological polar surface area (TPSA) is 128 Å². The Morgan fingerprint density at radius 1 is 1.23 bits per heavy atom. The van der Waals surface area contributed by atoms with Gasteiger partial charge >= 0.3 is 0 Å². The number of nitrogens with two attached hydrogens (primary N) is 1. The van der Waals surface area contributed by atoms with E-state index in [9.17, 15) is 18.5 Å². The highest BCUT2D eigenvalue weighted by Crippen LogP contribution is 2.26. The Balaban J connectivity index is 2.18. The minimum atomic E-state index is -3.92. The Kier molecular flexibility index (Phi) is 4.68. The van der Waals surface area contributed by atoms with Gasteiger partial charge in [0.15, 0.2) is 0 Å². The van der Waals surface area contributed by atoms with E-state index >= 15 is 0 Å². The van der Waals surface area contributed by atoms with Crippen LogP contribution in [0.3, 0.4) is 0 Å². The Morgan fingerprint density at radius 3 is 2.50 bits per heavy atom. The maximum Gasteiger partial charge on any atom is 0.292 e. The molecule has 0 saturated heterocycles. The Labute approximate surface area is 127 Å². The smallest absolute Gasteiger partial charge is 0.292 e. The van der Waals surface area contributed by atoms with Crippen molar-refractivity contribution in [2.45, 2.75) is 11.3 Å². The first-order chi connectivity index (χ1) is 10.4. The molecule has 0 aliphatic heterocycles. The largest absolute Gasteiger partial charge is 0.379 e. The van der Waals surface area contributed by atoms with E-state index in [2.05, 4.69) is 10.3 Å². The third kappa shape index (κ3) is 3.99. The van der Waals surface area contributed by atoms with Crippen LogP contribution in [-0.2, 0) is 16.4 Å². The van der Waals surface area contributed by atoms with E-state index in [-0.39, 0.29) is 16.3 Å². The van der Waals surface area contributed by atoms with Gasteiger partial charge in [-0.1, -0.05) is 0 Å². The highest BCUT2D eigenvalue weighted by molar-refractivity contribution is 7.89. The van der Waals surface area contributed by atoms with Crippen LogP contribution in [0, 0.1) is 10.1 Å². The van der Waals surface area contributed by atoms with Gasteiger partial charge in [-0.25, -0.2) is 13.6 Å². The summed E-state index contributed by atoms with van der Waals surface area (Å²) < 4.78 is 22.7. The van der Waals surface area contributed by atoms with E-state index in [1.807, 2.05) is 12.1 Å². The highest BCUT2D eigenvalue weighted by atomic mass is 32.2. The molecule has 0 unspecified atom stereocenters. The number of hydrogen-bond donors (Lipinski definition) is 2. The molecule has 1 heterocycles. The van der Waals surface area contributed by atoms with Gasteiger partial charge in [0.05, 0.1) is 9.82 Å². The number of pyridine rings is 1. The molecule has 0 saturated carbocycles. The molecule has 1 aromatic heterocycles. The molecular formula is C13H14N4O4S. The van der Waals surface area contributed by atoms with Crippen molar-refractivity contribution in [2.75, 3.05) is 11.9 Å². The average Bonchev–Trinajstić information content (AvgIpc) is 2.47. The number of nitrogens with zero attached hydrogens (tertiary/aromatic N) is 2. The Hall–Kier alpha value is -2.52. The molecule has 0 fully saturated rings. The molecule has 116 valence electrons. The van der Waals surface area contributed by atoms with Crippen molar-refractivity contribution in [1.29, 1.82) is 0 Å². The quantitative estimate of drug-likeness (QED) is 0.609. The van der Waals surface area contributed by atoms with Crippen molar-refractivity contribution in [3.05, 3.63) is 58.4 Å². The molecule has 22 heavy (non-hydrogen) atoms. The second-order valence-electron chi connectivity index (χ2n) is 4.51. The molecule has 9 heteroatoms. The van der Waals surface area contributed by atoms with Gasteiger partial charge in [-0.15, -0.1) is 0 Å². The van der Waals surface area contributed by atoms with Crippen LogP contribution in [0.5, 0.6) is 0 Å². The van der Waals surface area contributed by atoms with Gasteiger partial charge in [0.1, 0.15) is 5.69 Å². The third-order valence-electron chi connectivity index (χ3n) is 2.97. The van der Waals surface area contributed by atoms with Gasteiger partial charge in [-0.05, 0) is 36.2 Å². The maximum absolute atomic E-state index is 11.3. The summed E-state index contributed by atoms with van der Waals surface area (Å²) in [5.74, 6) is 0. The van der Waals surface area contributed by atoms with Gasteiger partial charge in [0.25, 0.3) is 5.69 Å². The van der Waals surface area contributed by atoms with Gasteiger partial charge in [0.2, 0.25) is 10.0 Å². The number of benzene rings is 1. The summed E-state index contributed by atoms with van der Waals surface area (Å²) in [6.07, 6.45) is 3.91. The summed E-state index contributed by atoms with van der Waals surface area (Å²) in [6.45, 7) is 0.402. The second kappa shape index (κ2) is 6.50. The van der Waals surface area contributed by atoms with E-state index in [4.69, 9.17) is 5.14 Å². The average molecular weight is 322 g/mol. The fraction of sp³-hybridized carbons (Fsp3) is 0.154. The molecule has 0 aliphatic carbocycles. The van der Waals surface area contributed by atoms with Crippen LogP contribution < -0.4 is 10.5 Å². The summed E-state index contributed by atoms with van der Waals surface area (Å²) in [4.78, 5) is 14.1. The maximum atomic E-state index is 11.3. The fourth-order valence-corrected chi connectivity index (χ4v) is 2.42. The summed E-state index contributed by atoms with van der Waals surface area (Å²) in [5.41, 5.74) is 0.917. The SMILES string of the molecule is NS(=O)(=O)c1ccc([N+](=O)[O-])c(NCCc2ccncc2)c1. The molecule has 0 bridgehead atoms. The zero-order chi connectivity index (χ0) is 16.2. The van der Waals surface area contributed by atoms with Crippen molar-refractivity contribution < 1.29 is 13.3 Å². The summed E-state index contributed by atoms with van der Waals surface area (Å²) in [7, 11) is -3.92. The molecular weight excluding hydrogens is 308 g/mol. The molecule has 2 rings (SSSR count). The monoisotopic (exact) mass is 322 g/mol. The van der Waals surface area contributed by atoms with Crippen molar-refractivity contribution in [1.82, 2.24) is 4.98 Å².